The van der Waals surface area contributed by atoms with E-state index in [1.165, 1.54) is 10.8 Å². The van der Waals surface area contributed by atoms with Crippen molar-refractivity contribution in [3.8, 4) is 5.69 Å². The lowest BCUT2D eigenvalue weighted by Gasteiger charge is -2.08. The van der Waals surface area contributed by atoms with Crippen LogP contribution in [0.15, 0.2) is 28.9 Å². The maximum Gasteiger partial charge on any atom is 0.288 e. The average Bonchev–Trinajstić information content (AvgIpc) is 2.71. The van der Waals surface area contributed by atoms with Crippen molar-refractivity contribution in [2.75, 3.05) is 0 Å². The molecule has 3 nitrogen and oxygen atoms in total. The number of halogens is 3. The summed E-state index contributed by atoms with van der Waals surface area (Å²) in [5, 5.41) is 0. The molecule has 0 spiro atoms. The van der Waals surface area contributed by atoms with Gasteiger partial charge in [0, 0.05) is 23.2 Å². The van der Waals surface area contributed by atoms with Crippen molar-refractivity contribution in [1.82, 2.24) is 9.55 Å². The van der Waals surface area contributed by atoms with Crippen LogP contribution in [0.2, 0.25) is 0 Å². The fourth-order valence-corrected chi connectivity index (χ4v) is 2.15. The van der Waals surface area contributed by atoms with Gasteiger partial charge in [0.15, 0.2) is 6.29 Å². The number of aromatic nitrogens is 2. The standard InChI is InChI=1S/C13H11BrF2N2O/c1-8-17-12(13(2,15)16)6-18(8)11-4-3-10(14)5-9(11)7-19/h3-7H,1-2H3. The van der Waals surface area contributed by atoms with Gasteiger partial charge in [-0.15, -0.1) is 0 Å². The van der Waals surface area contributed by atoms with Crippen LogP contribution in [0.3, 0.4) is 0 Å². The Labute approximate surface area is 117 Å². The molecule has 0 saturated carbocycles. The van der Waals surface area contributed by atoms with E-state index in [0.29, 0.717) is 23.4 Å². The van der Waals surface area contributed by atoms with Crippen LogP contribution in [0.25, 0.3) is 5.69 Å². The second-order valence-corrected chi connectivity index (χ2v) is 5.17. The fraction of sp³-hybridized carbons (Fsp3) is 0.231. The van der Waals surface area contributed by atoms with Gasteiger partial charge in [-0.3, -0.25) is 4.79 Å². The molecule has 2 rings (SSSR count). The Balaban J connectivity index is 2.60. The Hall–Kier alpha value is -1.56. The van der Waals surface area contributed by atoms with Crippen molar-refractivity contribution in [3.05, 3.63) is 46.0 Å². The number of rotatable bonds is 3. The van der Waals surface area contributed by atoms with Crippen molar-refractivity contribution < 1.29 is 13.6 Å². The number of carbonyl (C=O) groups excluding carboxylic acids is 1. The van der Waals surface area contributed by atoms with Gasteiger partial charge in [0.1, 0.15) is 11.5 Å². The topological polar surface area (TPSA) is 34.9 Å². The zero-order valence-electron chi connectivity index (χ0n) is 10.3. The highest BCUT2D eigenvalue weighted by Crippen LogP contribution is 2.28. The molecule has 0 N–H and O–H groups in total. The molecule has 0 amide bonds. The SMILES string of the molecule is Cc1nc(C(C)(F)F)cn1-c1ccc(Br)cc1C=O. The van der Waals surface area contributed by atoms with Gasteiger partial charge in [-0.1, -0.05) is 15.9 Å². The molecule has 1 heterocycles. The molecule has 0 aliphatic rings. The van der Waals surface area contributed by atoms with Gasteiger partial charge in [-0.05, 0) is 25.1 Å². The minimum Gasteiger partial charge on any atom is -0.303 e. The molecule has 6 heteroatoms. The minimum atomic E-state index is -3.01. The molecule has 0 bridgehead atoms. The Kier molecular flexibility index (Phi) is 3.54. The number of aldehydes is 1. The number of aryl methyl sites for hydroxylation is 1. The predicted octanol–water partition coefficient (Wildman–Crippen LogP) is 3.87. The monoisotopic (exact) mass is 328 g/mol. The van der Waals surface area contributed by atoms with Crippen LogP contribution in [-0.4, -0.2) is 15.8 Å². The average molecular weight is 329 g/mol. The first-order chi connectivity index (χ1) is 8.82. The van der Waals surface area contributed by atoms with Crippen LogP contribution in [0, 0.1) is 6.92 Å². The smallest absolute Gasteiger partial charge is 0.288 e. The van der Waals surface area contributed by atoms with Gasteiger partial charge in [-0.25, -0.2) is 4.98 Å². The Morgan fingerprint density at radius 2 is 2.11 bits per heavy atom. The normalized spacial score (nSPS) is 11.6. The molecule has 100 valence electrons. The van der Waals surface area contributed by atoms with Crippen molar-refractivity contribution in [2.24, 2.45) is 0 Å². The van der Waals surface area contributed by atoms with Crippen molar-refractivity contribution in [2.45, 2.75) is 19.8 Å². The second kappa shape index (κ2) is 4.85. The van der Waals surface area contributed by atoms with Crippen molar-refractivity contribution in [1.29, 1.82) is 0 Å². The van der Waals surface area contributed by atoms with Gasteiger partial charge >= 0.3 is 0 Å². The van der Waals surface area contributed by atoms with E-state index in [1.807, 2.05) is 0 Å². The molecule has 0 saturated heterocycles. The molecule has 0 aliphatic carbocycles. The van der Waals surface area contributed by atoms with Crippen LogP contribution in [0.4, 0.5) is 8.78 Å². The fourth-order valence-electron chi connectivity index (χ4n) is 1.77. The van der Waals surface area contributed by atoms with E-state index in [-0.39, 0.29) is 5.69 Å². The number of hydrogen-bond donors (Lipinski definition) is 0. The number of imidazole rings is 1. The summed E-state index contributed by atoms with van der Waals surface area (Å²) in [7, 11) is 0. The lowest BCUT2D eigenvalue weighted by atomic mass is 10.2. The second-order valence-electron chi connectivity index (χ2n) is 4.25. The number of carbonyl (C=O) groups is 1. The first-order valence-electron chi connectivity index (χ1n) is 5.52. The molecule has 1 aromatic carbocycles. The van der Waals surface area contributed by atoms with E-state index in [2.05, 4.69) is 20.9 Å². The third kappa shape index (κ3) is 2.73. The van der Waals surface area contributed by atoms with Crippen LogP contribution < -0.4 is 0 Å². The maximum absolute atomic E-state index is 13.3. The summed E-state index contributed by atoms with van der Waals surface area (Å²) < 4.78 is 28.8. The zero-order chi connectivity index (χ0) is 14.2. The summed E-state index contributed by atoms with van der Waals surface area (Å²) in [6.07, 6.45) is 1.94. The largest absolute Gasteiger partial charge is 0.303 e. The first-order valence-corrected chi connectivity index (χ1v) is 6.31. The summed E-state index contributed by atoms with van der Waals surface area (Å²) in [4.78, 5) is 14.9. The summed E-state index contributed by atoms with van der Waals surface area (Å²) in [6, 6.07) is 5.05. The summed E-state index contributed by atoms with van der Waals surface area (Å²) >= 11 is 3.26. The molecular weight excluding hydrogens is 318 g/mol. The Morgan fingerprint density at radius 1 is 1.42 bits per heavy atom. The van der Waals surface area contributed by atoms with E-state index < -0.39 is 5.92 Å². The number of hydrogen-bond acceptors (Lipinski definition) is 2. The third-order valence-electron chi connectivity index (χ3n) is 2.71. The number of nitrogens with zero attached hydrogens (tertiary/aromatic N) is 2. The predicted molar refractivity (Wildman–Crippen MR) is 71.0 cm³/mol. The molecule has 19 heavy (non-hydrogen) atoms. The van der Waals surface area contributed by atoms with Crippen molar-refractivity contribution in [3.63, 3.8) is 0 Å². The summed E-state index contributed by atoms with van der Waals surface area (Å²) in [5.74, 6) is -2.60. The Bertz CT molecular complexity index is 632. The molecule has 0 atom stereocenters. The minimum absolute atomic E-state index is 0.315. The highest BCUT2D eigenvalue weighted by atomic mass is 79.9. The van der Waals surface area contributed by atoms with Crippen molar-refractivity contribution >= 4 is 22.2 Å². The molecule has 0 aliphatic heterocycles. The van der Waals surface area contributed by atoms with Crippen LogP contribution in [-0.2, 0) is 5.92 Å². The van der Waals surface area contributed by atoms with Gasteiger partial charge in [0.2, 0.25) is 0 Å². The zero-order valence-corrected chi connectivity index (χ0v) is 11.9. The molecule has 2 aromatic rings. The Morgan fingerprint density at radius 3 is 2.63 bits per heavy atom. The number of benzene rings is 1. The highest BCUT2D eigenvalue weighted by molar-refractivity contribution is 9.10. The summed E-state index contributed by atoms with van der Waals surface area (Å²) in [5.41, 5.74) is 0.615. The molecule has 0 fully saturated rings. The summed E-state index contributed by atoms with van der Waals surface area (Å²) in [6.45, 7) is 2.41. The lowest BCUT2D eigenvalue weighted by Crippen LogP contribution is -2.07. The third-order valence-corrected chi connectivity index (χ3v) is 3.20. The van der Waals surface area contributed by atoms with E-state index in [4.69, 9.17) is 0 Å². The maximum atomic E-state index is 13.3. The lowest BCUT2D eigenvalue weighted by molar-refractivity contribution is 0.0130. The molecule has 0 unspecified atom stereocenters. The van der Waals surface area contributed by atoms with Gasteiger partial charge < -0.3 is 4.57 Å². The van der Waals surface area contributed by atoms with E-state index in [0.717, 1.165) is 11.4 Å². The van der Waals surface area contributed by atoms with Gasteiger partial charge in [-0.2, -0.15) is 8.78 Å². The quantitative estimate of drug-likeness (QED) is 0.802. The van der Waals surface area contributed by atoms with E-state index >= 15 is 0 Å². The molecule has 1 aromatic heterocycles. The molecule has 0 radical (unpaired) electrons. The van der Waals surface area contributed by atoms with E-state index in [9.17, 15) is 13.6 Å². The van der Waals surface area contributed by atoms with Crippen LogP contribution in [0.1, 0.15) is 28.8 Å². The van der Waals surface area contributed by atoms with Gasteiger partial charge in [0.05, 0.1) is 5.69 Å². The highest BCUT2D eigenvalue weighted by Gasteiger charge is 2.28. The number of alkyl halides is 2. The van der Waals surface area contributed by atoms with Gasteiger partial charge in [0.25, 0.3) is 5.92 Å². The van der Waals surface area contributed by atoms with Crippen LogP contribution in [0.5, 0.6) is 0 Å². The molecular formula is C13H11BrF2N2O. The van der Waals surface area contributed by atoms with Crippen LogP contribution >= 0.6 is 15.9 Å². The first kappa shape index (κ1) is 13.9. The van der Waals surface area contributed by atoms with E-state index in [1.54, 1.807) is 25.1 Å².